The Labute approximate surface area is 228 Å². The molecule has 0 heterocycles. The lowest BCUT2D eigenvalue weighted by molar-refractivity contribution is -0.120. The lowest BCUT2D eigenvalue weighted by Crippen LogP contribution is -2.43. The Morgan fingerprint density at radius 3 is 2.41 bits per heavy atom. The number of phenols is 1. The van der Waals surface area contributed by atoms with Crippen molar-refractivity contribution in [2.45, 2.75) is 44.9 Å². The van der Waals surface area contributed by atoms with E-state index in [0.29, 0.717) is 30.5 Å². The van der Waals surface area contributed by atoms with Gasteiger partial charge in [-0.05, 0) is 66.8 Å². The molecular weight excluding hydrogens is 498 g/mol. The van der Waals surface area contributed by atoms with Crippen LogP contribution in [0.3, 0.4) is 0 Å². The number of nitrogens with one attached hydrogen (secondary N) is 3. The first kappa shape index (κ1) is 29.3. The molecule has 0 aliphatic rings. The number of aromatic hydroxyl groups is 1. The molecule has 1 atom stereocenters. The standard InChI is InChI=1S/C30H35N3O6/c1-30(2,33-18-27(36)24-11-12-26(35)25(15-24)32-19-34)16-22-6-4-5-21(13-22)14-28(37)31-17-20-7-9-23(10-8-20)29(38)39-3/h4-13,15,19,27,33,35-36H,14,16-18H2,1-3H3,(H,31,37)(H,32,34)/t27-/m1/s1. The Bertz CT molecular complexity index is 1290. The Morgan fingerprint density at radius 1 is 1.00 bits per heavy atom. The molecule has 9 nitrogen and oxygen atoms in total. The zero-order chi connectivity index (χ0) is 28.4. The highest BCUT2D eigenvalue weighted by atomic mass is 16.5. The minimum Gasteiger partial charge on any atom is -0.506 e. The molecule has 0 spiro atoms. The van der Waals surface area contributed by atoms with Gasteiger partial charge in [-0.2, -0.15) is 0 Å². The SMILES string of the molecule is COC(=O)c1ccc(CNC(=O)Cc2cccc(CC(C)(C)NC[C@@H](O)c3ccc(O)c(NC=O)c3)c2)cc1. The predicted octanol–water partition coefficient (Wildman–Crippen LogP) is 3.25. The van der Waals surface area contributed by atoms with Crippen molar-refractivity contribution < 1.29 is 29.3 Å². The monoisotopic (exact) mass is 533 g/mol. The number of phenolic OH excluding ortho intramolecular Hbond substituents is 1. The van der Waals surface area contributed by atoms with Crippen LogP contribution in [0.2, 0.25) is 0 Å². The van der Waals surface area contributed by atoms with Crippen LogP contribution in [0.25, 0.3) is 0 Å². The van der Waals surface area contributed by atoms with Gasteiger partial charge < -0.3 is 30.9 Å². The van der Waals surface area contributed by atoms with E-state index in [2.05, 4.69) is 16.0 Å². The van der Waals surface area contributed by atoms with Crippen molar-refractivity contribution in [2.75, 3.05) is 19.0 Å². The quantitative estimate of drug-likeness (QED) is 0.129. The number of rotatable bonds is 13. The molecule has 0 saturated heterocycles. The van der Waals surface area contributed by atoms with Crippen LogP contribution in [0, 0.1) is 0 Å². The molecule has 3 aromatic rings. The molecule has 5 N–H and O–H groups in total. The average molecular weight is 534 g/mol. The topological polar surface area (TPSA) is 137 Å². The van der Waals surface area contributed by atoms with Crippen molar-refractivity contribution in [3.63, 3.8) is 0 Å². The van der Waals surface area contributed by atoms with Crippen LogP contribution in [-0.4, -0.2) is 47.7 Å². The van der Waals surface area contributed by atoms with E-state index in [1.807, 2.05) is 38.1 Å². The van der Waals surface area contributed by atoms with E-state index >= 15 is 0 Å². The third-order valence-corrected chi connectivity index (χ3v) is 6.26. The minimum absolute atomic E-state index is 0.0748. The molecule has 0 bridgehead atoms. The van der Waals surface area contributed by atoms with Gasteiger partial charge in [0.05, 0.1) is 30.9 Å². The number of hydrogen-bond acceptors (Lipinski definition) is 7. The van der Waals surface area contributed by atoms with Gasteiger partial charge in [0, 0.05) is 18.6 Å². The van der Waals surface area contributed by atoms with Crippen molar-refractivity contribution in [3.05, 3.63) is 94.5 Å². The first-order valence-electron chi connectivity index (χ1n) is 12.6. The number of carbonyl (C=O) groups is 3. The number of benzene rings is 3. The van der Waals surface area contributed by atoms with Gasteiger partial charge in [-0.1, -0.05) is 42.5 Å². The van der Waals surface area contributed by atoms with Gasteiger partial charge in [0.15, 0.2) is 0 Å². The number of esters is 1. The van der Waals surface area contributed by atoms with E-state index in [4.69, 9.17) is 4.74 Å². The smallest absolute Gasteiger partial charge is 0.337 e. The third-order valence-electron chi connectivity index (χ3n) is 6.26. The normalized spacial score (nSPS) is 11.9. The molecule has 9 heteroatoms. The highest BCUT2D eigenvalue weighted by molar-refractivity contribution is 5.89. The summed E-state index contributed by atoms with van der Waals surface area (Å²) in [5, 5.41) is 29.1. The fraction of sp³-hybridized carbons (Fsp3) is 0.300. The van der Waals surface area contributed by atoms with Crippen molar-refractivity contribution >= 4 is 24.0 Å². The largest absolute Gasteiger partial charge is 0.506 e. The number of ether oxygens (including phenoxy) is 1. The molecule has 0 aliphatic carbocycles. The maximum absolute atomic E-state index is 12.5. The number of anilines is 1. The summed E-state index contributed by atoms with van der Waals surface area (Å²) in [7, 11) is 1.33. The molecule has 206 valence electrons. The van der Waals surface area contributed by atoms with Crippen LogP contribution in [0.5, 0.6) is 5.75 Å². The second-order valence-corrected chi connectivity index (χ2v) is 9.96. The molecule has 0 aliphatic heterocycles. The minimum atomic E-state index is -0.844. The van der Waals surface area contributed by atoms with Gasteiger partial charge in [0.2, 0.25) is 12.3 Å². The molecular formula is C30H35N3O6. The van der Waals surface area contributed by atoms with Gasteiger partial charge in [-0.25, -0.2) is 4.79 Å². The van der Waals surface area contributed by atoms with Crippen LogP contribution in [0.15, 0.2) is 66.7 Å². The summed E-state index contributed by atoms with van der Waals surface area (Å²) in [4.78, 5) is 34.8. The Morgan fingerprint density at radius 2 is 1.72 bits per heavy atom. The van der Waals surface area contributed by atoms with E-state index in [0.717, 1.165) is 16.7 Å². The predicted molar refractivity (Wildman–Crippen MR) is 148 cm³/mol. The number of methoxy groups -OCH3 is 1. The Hall–Kier alpha value is -4.21. The summed E-state index contributed by atoms with van der Waals surface area (Å²) in [5.74, 6) is -0.587. The molecule has 0 fully saturated rings. The molecule has 2 amide bonds. The van der Waals surface area contributed by atoms with Gasteiger partial charge in [-0.15, -0.1) is 0 Å². The number of β-amino-alcohol motifs (C(OH)–C–C–N with tert-alkyl or cyclic N) is 1. The van der Waals surface area contributed by atoms with Crippen molar-refractivity contribution in [1.82, 2.24) is 10.6 Å². The summed E-state index contributed by atoms with van der Waals surface area (Å²) >= 11 is 0. The summed E-state index contributed by atoms with van der Waals surface area (Å²) < 4.78 is 4.69. The van der Waals surface area contributed by atoms with Crippen molar-refractivity contribution in [1.29, 1.82) is 0 Å². The Balaban J connectivity index is 1.51. The molecule has 3 rings (SSSR count). The lowest BCUT2D eigenvalue weighted by Gasteiger charge is -2.28. The number of aliphatic hydroxyl groups is 1. The summed E-state index contributed by atoms with van der Waals surface area (Å²) in [6.45, 7) is 4.68. The second-order valence-electron chi connectivity index (χ2n) is 9.96. The molecule has 0 aromatic heterocycles. The maximum Gasteiger partial charge on any atom is 0.337 e. The van der Waals surface area contributed by atoms with E-state index in [-0.39, 0.29) is 35.8 Å². The average Bonchev–Trinajstić information content (AvgIpc) is 2.91. The van der Waals surface area contributed by atoms with Crippen LogP contribution in [0.4, 0.5) is 5.69 Å². The van der Waals surface area contributed by atoms with E-state index in [9.17, 15) is 24.6 Å². The number of amides is 2. The number of aliphatic hydroxyl groups excluding tert-OH is 1. The fourth-order valence-corrected chi connectivity index (χ4v) is 4.18. The molecule has 3 aromatic carbocycles. The molecule has 39 heavy (non-hydrogen) atoms. The summed E-state index contributed by atoms with van der Waals surface area (Å²) in [6, 6.07) is 19.3. The lowest BCUT2D eigenvalue weighted by atomic mass is 9.93. The van der Waals surface area contributed by atoms with Gasteiger partial charge in [0.25, 0.3) is 0 Å². The molecule has 0 radical (unpaired) electrons. The van der Waals surface area contributed by atoms with E-state index < -0.39 is 12.1 Å². The van der Waals surface area contributed by atoms with Gasteiger partial charge >= 0.3 is 5.97 Å². The van der Waals surface area contributed by atoms with Crippen molar-refractivity contribution in [2.24, 2.45) is 0 Å². The first-order valence-corrected chi connectivity index (χ1v) is 12.6. The number of hydrogen-bond donors (Lipinski definition) is 5. The van der Waals surface area contributed by atoms with Crippen LogP contribution < -0.4 is 16.0 Å². The summed E-state index contributed by atoms with van der Waals surface area (Å²) in [6.07, 6.45) is 0.522. The fourth-order valence-electron chi connectivity index (χ4n) is 4.18. The zero-order valence-electron chi connectivity index (χ0n) is 22.4. The number of carbonyl (C=O) groups excluding carboxylic acids is 3. The van der Waals surface area contributed by atoms with Crippen LogP contribution in [-0.2, 0) is 33.7 Å². The highest BCUT2D eigenvalue weighted by Gasteiger charge is 2.21. The maximum atomic E-state index is 12.5. The van der Waals surface area contributed by atoms with E-state index in [1.54, 1.807) is 30.3 Å². The molecule has 0 unspecified atom stereocenters. The van der Waals surface area contributed by atoms with Crippen LogP contribution >= 0.6 is 0 Å². The van der Waals surface area contributed by atoms with Crippen molar-refractivity contribution in [3.8, 4) is 5.75 Å². The Kier molecular flexibility index (Phi) is 10.2. The highest BCUT2D eigenvalue weighted by Crippen LogP contribution is 2.27. The summed E-state index contributed by atoms with van der Waals surface area (Å²) in [5.41, 5.74) is 3.71. The zero-order valence-corrected chi connectivity index (χ0v) is 22.4. The van der Waals surface area contributed by atoms with Gasteiger partial charge in [-0.3, -0.25) is 9.59 Å². The third kappa shape index (κ3) is 8.94. The van der Waals surface area contributed by atoms with Crippen LogP contribution in [0.1, 0.15) is 52.6 Å². The van der Waals surface area contributed by atoms with Gasteiger partial charge in [0.1, 0.15) is 5.75 Å². The molecule has 0 saturated carbocycles. The van der Waals surface area contributed by atoms with E-state index in [1.165, 1.54) is 19.2 Å². The second kappa shape index (κ2) is 13.5. The first-order chi connectivity index (χ1) is 18.6.